The largest absolute Gasteiger partial charge is 0.497 e. The highest BCUT2D eigenvalue weighted by atomic mass is 16.5. The molecule has 1 aliphatic rings. The number of hydrogen-bond acceptors (Lipinski definition) is 4. The van der Waals surface area contributed by atoms with Crippen LogP contribution in [0.15, 0.2) is 42.5 Å². The summed E-state index contributed by atoms with van der Waals surface area (Å²) in [4.78, 5) is 2.32. The Balaban J connectivity index is 1.91. The van der Waals surface area contributed by atoms with Gasteiger partial charge in [0.15, 0.2) is 0 Å². The maximum Gasteiger partial charge on any atom is 0.142 e. The van der Waals surface area contributed by atoms with E-state index in [0.29, 0.717) is 5.92 Å². The van der Waals surface area contributed by atoms with Crippen molar-refractivity contribution in [1.82, 2.24) is 0 Å². The normalized spacial score (nSPS) is 20.8. The van der Waals surface area contributed by atoms with Crippen LogP contribution in [-0.2, 0) is 0 Å². The summed E-state index contributed by atoms with van der Waals surface area (Å²) < 4.78 is 10.9. The molecule has 3 rings (SSSR count). The van der Waals surface area contributed by atoms with Crippen molar-refractivity contribution in [2.75, 3.05) is 32.2 Å². The van der Waals surface area contributed by atoms with Gasteiger partial charge in [-0.2, -0.15) is 0 Å². The Bertz CT molecular complexity index is 702. The molecule has 0 amide bonds. The molecule has 1 saturated heterocycles. The van der Waals surface area contributed by atoms with Crippen LogP contribution in [0.5, 0.6) is 11.5 Å². The molecule has 0 radical (unpaired) electrons. The van der Waals surface area contributed by atoms with Crippen molar-refractivity contribution in [1.29, 1.82) is 0 Å². The van der Waals surface area contributed by atoms with Gasteiger partial charge >= 0.3 is 0 Å². The zero-order chi connectivity index (χ0) is 17.1. The number of aryl methyl sites for hydroxylation is 1. The summed E-state index contributed by atoms with van der Waals surface area (Å²) in [5.74, 6) is 2.11. The highest BCUT2D eigenvalue weighted by Crippen LogP contribution is 2.36. The quantitative estimate of drug-likeness (QED) is 0.936. The molecule has 1 aliphatic heterocycles. The third-order valence-corrected chi connectivity index (χ3v) is 4.72. The lowest BCUT2D eigenvalue weighted by Crippen LogP contribution is -2.46. The molecule has 24 heavy (non-hydrogen) atoms. The molecule has 1 heterocycles. The van der Waals surface area contributed by atoms with Crippen LogP contribution < -0.4 is 20.1 Å². The molecule has 0 aromatic heterocycles. The number of piperidine rings is 1. The number of benzene rings is 2. The highest BCUT2D eigenvalue weighted by molar-refractivity contribution is 5.62. The number of nitrogens with zero attached hydrogens (tertiary/aromatic N) is 1. The van der Waals surface area contributed by atoms with Gasteiger partial charge in [0.05, 0.1) is 19.9 Å². The van der Waals surface area contributed by atoms with Crippen molar-refractivity contribution in [2.45, 2.75) is 25.3 Å². The fourth-order valence-electron chi connectivity index (χ4n) is 3.54. The summed E-state index contributed by atoms with van der Waals surface area (Å²) in [6.07, 6.45) is 1.01. The van der Waals surface area contributed by atoms with E-state index in [-0.39, 0.29) is 6.04 Å². The average molecular weight is 326 g/mol. The van der Waals surface area contributed by atoms with Gasteiger partial charge in [-0.1, -0.05) is 29.8 Å². The minimum Gasteiger partial charge on any atom is -0.497 e. The second-order valence-electron chi connectivity index (χ2n) is 6.55. The first kappa shape index (κ1) is 16.7. The van der Waals surface area contributed by atoms with Crippen molar-refractivity contribution in [3.8, 4) is 11.5 Å². The third kappa shape index (κ3) is 3.49. The van der Waals surface area contributed by atoms with Gasteiger partial charge in [0.25, 0.3) is 0 Å². The first-order valence-corrected chi connectivity index (χ1v) is 8.40. The molecule has 128 valence electrons. The molecule has 2 aromatic rings. The predicted molar refractivity (Wildman–Crippen MR) is 98.3 cm³/mol. The van der Waals surface area contributed by atoms with E-state index in [2.05, 4.69) is 36.1 Å². The van der Waals surface area contributed by atoms with E-state index in [1.807, 2.05) is 18.2 Å². The molecule has 2 atom stereocenters. The lowest BCUT2D eigenvalue weighted by Gasteiger charge is -2.38. The van der Waals surface area contributed by atoms with Crippen LogP contribution in [0.1, 0.15) is 23.5 Å². The summed E-state index contributed by atoms with van der Waals surface area (Å²) in [5, 5.41) is 0. The van der Waals surface area contributed by atoms with Gasteiger partial charge in [-0.15, -0.1) is 0 Å². The number of nitrogens with two attached hydrogens (primary N) is 1. The zero-order valence-corrected chi connectivity index (χ0v) is 14.7. The molecular formula is C20H26N2O2. The Morgan fingerprint density at radius 3 is 2.58 bits per heavy atom. The maximum atomic E-state index is 6.38. The van der Waals surface area contributed by atoms with Crippen LogP contribution in [0.25, 0.3) is 0 Å². The second-order valence-corrected chi connectivity index (χ2v) is 6.55. The predicted octanol–water partition coefficient (Wildman–Crippen LogP) is 3.33. The Morgan fingerprint density at radius 1 is 1.04 bits per heavy atom. The molecule has 2 unspecified atom stereocenters. The highest BCUT2D eigenvalue weighted by Gasteiger charge is 2.28. The summed E-state index contributed by atoms with van der Waals surface area (Å²) in [5.41, 5.74) is 10.1. The van der Waals surface area contributed by atoms with Crippen molar-refractivity contribution >= 4 is 5.69 Å². The Morgan fingerprint density at radius 2 is 1.88 bits per heavy atom. The Labute approximate surface area is 144 Å². The monoisotopic (exact) mass is 326 g/mol. The molecule has 0 saturated carbocycles. The van der Waals surface area contributed by atoms with Crippen molar-refractivity contribution in [3.05, 3.63) is 53.6 Å². The van der Waals surface area contributed by atoms with Gasteiger partial charge in [0.1, 0.15) is 11.5 Å². The first-order chi connectivity index (χ1) is 11.6. The first-order valence-electron chi connectivity index (χ1n) is 8.40. The topological polar surface area (TPSA) is 47.7 Å². The van der Waals surface area contributed by atoms with Crippen LogP contribution in [0.2, 0.25) is 0 Å². The summed E-state index contributed by atoms with van der Waals surface area (Å²) >= 11 is 0. The van der Waals surface area contributed by atoms with Gasteiger partial charge in [0.2, 0.25) is 0 Å². The number of rotatable bonds is 4. The van der Waals surface area contributed by atoms with Crippen LogP contribution in [0, 0.1) is 6.92 Å². The van der Waals surface area contributed by atoms with Gasteiger partial charge in [-0.05, 0) is 31.0 Å². The van der Waals surface area contributed by atoms with Crippen molar-refractivity contribution in [3.63, 3.8) is 0 Å². The molecule has 1 fully saturated rings. The van der Waals surface area contributed by atoms with E-state index >= 15 is 0 Å². The Kier molecular flexibility index (Phi) is 4.95. The lowest BCUT2D eigenvalue weighted by molar-refractivity contribution is 0.397. The fourth-order valence-corrected chi connectivity index (χ4v) is 3.54. The number of ether oxygens (including phenoxy) is 2. The smallest absolute Gasteiger partial charge is 0.142 e. The van der Waals surface area contributed by atoms with E-state index in [9.17, 15) is 0 Å². The lowest BCUT2D eigenvalue weighted by atomic mass is 9.87. The molecule has 0 spiro atoms. The van der Waals surface area contributed by atoms with Gasteiger partial charge in [0, 0.05) is 31.1 Å². The fraction of sp³-hybridized carbons (Fsp3) is 0.400. The molecular weight excluding hydrogens is 300 g/mol. The molecule has 4 nitrogen and oxygen atoms in total. The minimum atomic E-state index is 0.139. The van der Waals surface area contributed by atoms with E-state index < -0.39 is 0 Å². The number of methoxy groups -OCH3 is 2. The molecule has 4 heteroatoms. The van der Waals surface area contributed by atoms with Crippen molar-refractivity contribution in [2.24, 2.45) is 5.73 Å². The second kappa shape index (κ2) is 7.14. The standard InChI is InChI=1S/C20H26N2O2/c1-14-5-4-6-15(9-14)16-10-17(21)13-22(12-16)19-11-18(23-2)7-8-20(19)24-3/h4-9,11,16-17H,10,12-13,21H2,1-3H3. The van der Waals surface area contributed by atoms with Gasteiger partial charge < -0.3 is 20.1 Å². The van der Waals surface area contributed by atoms with Crippen LogP contribution >= 0.6 is 0 Å². The van der Waals surface area contributed by atoms with Gasteiger partial charge in [-0.3, -0.25) is 0 Å². The molecule has 2 aromatic carbocycles. The number of hydrogen-bond donors (Lipinski definition) is 1. The Hall–Kier alpha value is -2.20. The number of anilines is 1. The zero-order valence-electron chi connectivity index (χ0n) is 14.7. The van der Waals surface area contributed by atoms with Crippen molar-refractivity contribution < 1.29 is 9.47 Å². The average Bonchev–Trinajstić information content (AvgIpc) is 2.60. The van der Waals surface area contributed by atoms with E-state index in [1.54, 1.807) is 14.2 Å². The molecule has 2 N–H and O–H groups in total. The van der Waals surface area contributed by atoms with Crippen LogP contribution in [0.3, 0.4) is 0 Å². The third-order valence-electron chi connectivity index (χ3n) is 4.72. The van der Waals surface area contributed by atoms with Crippen LogP contribution in [-0.4, -0.2) is 33.4 Å². The molecule has 0 aliphatic carbocycles. The summed E-state index contributed by atoms with van der Waals surface area (Å²) in [7, 11) is 3.39. The van der Waals surface area contributed by atoms with E-state index in [0.717, 1.165) is 36.7 Å². The minimum absolute atomic E-state index is 0.139. The maximum absolute atomic E-state index is 6.38. The summed E-state index contributed by atoms with van der Waals surface area (Å²) in [6.45, 7) is 3.89. The van der Waals surface area contributed by atoms with Gasteiger partial charge in [-0.25, -0.2) is 0 Å². The SMILES string of the molecule is COc1ccc(OC)c(N2CC(N)CC(c3cccc(C)c3)C2)c1. The van der Waals surface area contributed by atoms with Crippen LogP contribution in [0.4, 0.5) is 5.69 Å². The van der Waals surface area contributed by atoms with E-state index in [1.165, 1.54) is 11.1 Å². The van der Waals surface area contributed by atoms with E-state index in [4.69, 9.17) is 15.2 Å². The summed E-state index contributed by atoms with van der Waals surface area (Å²) in [6, 6.07) is 14.8. The molecule has 0 bridgehead atoms.